The smallest absolute Gasteiger partial charge is 0.214 e. The molecule has 0 spiro atoms. The Morgan fingerprint density at radius 3 is 2.57 bits per heavy atom. The molecule has 3 heterocycles. The Labute approximate surface area is 214 Å². The maximum absolute atomic E-state index is 13.4. The van der Waals surface area contributed by atoms with Gasteiger partial charge in [0.1, 0.15) is 11.6 Å². The number of aryl methyl sites for hydroxylation is 1. The molecule has 0 unspecified atom stereocenters. The molecule has 0 atom stereocenters. The molecule has 0 aliphatic rings. The SMILES string of the molecule is COCCN(CCOC)Cc1ccc2cc(C(=O)c3cnn(-c4ccc5[nH]c(C)nc5c4)c3N)[nH]c2c1. The van der Waals surface area contributed by atoms with Crippen LogP contribution >= 0.6 is 0 Å². The predicted octanol–water partition coefficient (Wildman–Crippen LogP) is 3.45. The van der Waals surface area contributed by atoms with Crippen LogP contribution in [0.3, 0.4) is 0 Å². The number of carbonyl (C=O) groups excluding carboxylic acids is 1. The molecule has 0 bridgehead atoms. The van der Waals surface area contributed by atoms with Gasteiger partial charge in [-0.15, -0.1) is 0 Å². The van der Waals surface area contributed by atoms with E-state index in [1.54, 1.807) is 18.9 Å². The maximum Gasteiger partial charge on any atom is 0.214 e. The third-order valence-electron chi connectivity index (χ3n) is 6.44. The van der Waals surface area contributed by atoms with Gasteiger partial charge in [-0.2, -0.15) is 5.10 Å². The molecule has 0 saturated carbocycles. The number of hydrogen-bond donors (Lipinski definition) is 3. The van der Waals surface area contributed by atoms with E-state index in [9.17, 15) is 4.79 Å². The molecule has 4 N–H and O–H groups in total. The van der Waals surface area contributed by atoms with Gasteiger partial charge in [-0.25, -0.2) is 9.67 Å². The first kappa shape index (κ1) is 24.7. The number of ketones is 1. The van der Waals surface area contributed by atoms with Crippen molar-refractivity contribution in [3.63, 3.8) is 0 Å². The molecule has 10 nitrogen and oxygen atoms in total. The number of anilines is 1. The first-order valence-corrected chi connectivity index (χ1v) is 12.1. The fourth-order valence-corrected chi connectivity index (χ4v) is 4.50. The van der Waals surface area contributed by atoms with Crippen molar-refractivity contribution in [1.82, 2.24) is 29.6 Å². The van der Waals surface area contributed by atoms with Gasteiger partial charge in [0.2, 0.25) is 5.78 Å². The second-order valence-electron chi connectivity index (χ2n) is 9.07. The Balaban J connectivity index is 1.37. The van der Waals surface area contributed by atoms with Gasteiger partial charge in [0.05, 0.1) is 47.4 Å². The van der Waals surface area contributed by atoms with E-state index in [4.69, 9.17) is 15.2 Å². The van der Waals surface area contributed by atoms with Crippen LogP contribution in [-0.2, 0) is 16.0 Å². The number of rotatable bonds is 11. The summed E-state index contributed by atoms with van der Waals surface area (Å²) in [5, 5.41) is 5.35. The second kappa shape index (κ2) is 10.6. The molecule has 5 rings (SSSR count). The average molecular weight is 502 g/mol. The fraction of sp³-hybridized carbons (Fsp3) is 0.296. The summed E-state index contributed by atoms with van der Waals surface area (Å²) in [4.78, 5) is 26.6. The van der Waals surface area contributed by atoms with Crippen molar-refractivity contribution in [1.29, 1.82) is 0 Å². The van der Waals surface area contributed by atoms with Gasteiger partial charge in [-0.3, -0.25) is 9.69 Å². The number of aromatic nitrogens is 5. The maximum atomic E-state index is 13.4. The fourth-order valence-electron chi connectivity index (χ4n) is 4.50. The predicted molar refractivity (Wildman–Crippen MR) is 143 cm³/mol. The molecule has 37 heavy (non-hydrogen) atoms. The summed E-state index contributed by atoms with van der Waals surface area (Å²) in [7, 11) is 3.40. The number of aromatic amines is 2. The number of fused-ring (bicyclic) bond motifs is 2. The van der Waals surface area contributed by atoms with E-state index in [0.29, 0.717) is 24.5 Å². The summed E-state index contributed by atoms with van der Waals surface area (Å²) in [5.41, 5.74) is 11.7. The van der Waals surface area contributed by atoms with Crippen molar-refractivity contribution in [2.45, 2.75) is 13.5 Å². The zero-order chi connectivity index (χ0) is 25.9. The van der Waals surface area contributed by atoms with E-state index in [-0.39, 0.29) is 11.6 Å². The monoisotopic (exact) mass is 501 g/mol. The van der Waals surface area contributed by atoms with Gasteiger partial charge >= 0.3 is 0 Å². The van der Waals surface area contributed by atoms with Crippen molar-refractivity contribution >= 4 is 33.5 Å². The molecule has 0 radical (unpaired) electrons. The summed E-state index contributed by atoms with van der Waals surface area (Å²) in [6.45, 7) is 5.57. The minimum absolute atomic E-state index is 0.208. The van der Waals surface area contributed by atoms with Crippen LogP contribution < -0.4 is 5.73 Å². The second-order valence-corrected chi connectivity index (χ2v) is 9.07. The van der Waals surface area contributed by atoms with E-state index in [1.807, 2.05) is 37.3 Å². The van der Waals surface area contributed by atoms with E-state index in [2.05, 4.69) is 37.1 Å². The van der Waals surface area contributed by atoms with Crippen LogP contribution in [0.15, 0.2) is 48.7 Å². The Morgan fingerprint density at radius 1 is 1.03 bits per heavy atom. The van der Waals surface area contributed by atoms with Crippen molar-refractivity contribution in [2.75, 3.05) is 46.3 Å². The summed E-state index contributed by atoms with van der Waals surface area (Å²) < 4.78 is 12.0. The number of carbonyl (C=O) groups is 1. The van der Waals surface area contributed by atoms with Crippen LogP contribution in [0.2, 0.25) is 0 Å². The van der Waals surface area contributed by atoms with Crippen LogP contribution in [-0.4, -0.2) is 75.9 Å². The number of nitrogens with zero attached hydrogens (tertiary/aromatic N) is 4. The van der Waals surface area contributed by atoms with Crippen LogP contribution in [0.1, 0.15) is 27.4 Å². The molecule has 2 aromatic carbocycles. The van der Waals surface area contributed by atoms with Crippen LogP contribution in [0.5, 0.6) is 0 Å². The number of nitrogens with one attached hydrogen (secondary N) is 2. The van der Waals surface area contributed by atoms with Crippen molar-refractivity contribution in [3.05, 3.63) is 71.3 Å². The van der Waals surface area contributed by atoms with E-state index < -0.39 is 0 Å². The Hall–Kier alpha value is -3.99. The third-order valence-corrected chi connectivity index (χ3v) is 6.44. The highest BCUT2D eigenvalue weighted by molar-refractivity contribution is 6.12. The first-order chi connectivity index (χ1) is 18.0. The lowest BCUT2D eigenvalue weighted by Crippen LogP contribution is -2.30. The molecule has 192 valence electrons. The van der Waals surface area contributed by atoms with Crippen molar-refractivity contribution in [2.24, 2.45) is 0 Å². The Morgan fingerprint density at radius 2 is 1.81 bits per heavy atom. The molecule has 0 aliphatic heterocycles. The number of benzene rings is 2. The summed E-state index contributed by atoms with van der Waals surface area (Å²) in [6.07, 6.45) is 1.51. The van der Waals surface area contributed by atoms with E-state index in [0.717, 1.165) is 58.6 Å². The summed E-state index contributed by atoms with van der Waals surface area (Å²) in [5.74, 6) is 0.902. The number of hydrogen-bond acceptors (Lipinski definition) is 7. The number of H-pyrrole nitrogens is 2. The molecular formula is C27H31N7O3. The number of methoxy groups -OCH3 is 2. The van der Waals surface area contributed by atoms with E-state index in [1.165, 1.54) is 6.20 Å². The zero-order valence-corrected chi connectivity index (χ0v) is 21.2. The molecule has 0 fully saturated rings. The quantitative estimate of drug-likeness (QED) is 0.237. The molecule has 5 aromatic rings. The lowest BCUT2D eigenvalue weighted by molar-refractivity contribution is 0.103. The lowest BCUT2D eigenvalue weighted by atomic mass is 10.1. The van der Waals surface area contributed by atoms with Crippen LogP contribution in [0.4, 0.5) is 5.82 Å². The highest BCUT2D eigenvalue weighted by atomic mass is 16.5. The number of ether oxygens (including phenoxy) is 2. The van der Waals surface area contributed by atoms with Crippen LogP contribution in [0, 0.1) is 6.92 Å². The number of nitrogens with two attached hydrogens (primary N) is 1. The molecule has 0 saturated heterocycles. The van der Waals surface area contributed by atoms with Crippen molar-refractivity contribution in [3.8, 4) is 5.69 Å². The third kappa shape index (κ3) is 5.12. The first-order valence-electron chi connectivity index (χ1n) is 12.1. The highest BCUT2D eigenvalue weighted by Crippen LogP contribution is 2.25. The minimum atomic E-state index is -0.208. The largest absolute Gasteiger partial charge is 0.383 e. The summed E-state index contributed by atoms with van der Waals surface area (Å²) >= 11 is 0. The standard InChI is InChI=1S/C27H31N7O3/c1-17-30-22-7-6-20(14-24(22)31-17)34-27(28)21(15-29-34)26(35)25-13-19-5-4-18(12-23(19)32-25)16-33(8-10-36-2)9-11-37-3/h4-7,12-15,32H,8-11,16,28H2,1-3H3,(H,30,31). The van der Waals surface area contributed by atoms with Gasteiger partial charge in [0, 0.05) is 44.8 Å². The molecule has 0 aliphatic carbocycles. The van der Waals surface area contributed by atoms with Gasteiger partial charge in [0.25, 0.3) is 0 Å². The number of nitrogen functional groups attached to an aromatic ring is 1. The molecular weight excluding hydrogens is 470 g/mol. The normalized spacial score (nSPS) is 11.8. The Kier molecular flexibility index (Phi) is 7.04. The minimum Gasteiger partial charge on any atom is -0.383 e. The number of imidazole rings is 1. The topological polar surface area (TPSA) is 127 Å². The van der Waals surface area contributed by atoms with Gasteiger partial charge in [0.15, 0.2) is 0 Å². The van der Waals surface area contributed by atoms with Gasteiger partial charge in [-0.1, -0.05) is 12.1 Å². The van der Waals surface area contributed by atoms with Crippen LogP contribution in [0.25, 0.3) is 27.6 Å². The average Bonchev–Trinajstić information content (AvgIpc) is 3.59. The van der Waals surface area contributed by atoms with Gasteiger partial charge in [-0.05, 0) is 42.8 Å². The molecule has 0 amide bonds. The van der Waals surface area contributed by atoms with E-state index >= 15 is 0 Å². The molecule has 3 aromatic heterocycles. The Bertz CT molecular complexity index is 1540. The van der Waals surface area contributed by atoms with Gasteiger partial charge < -0.3 is 25.2 Å². The lowest BCUT2D eigenvalue weighted by Gasteiger charge is -2.21. The summed E-state index contributed by atoms with van der Waals surface area (Å²) in [6, 6.07) is 13.7. The van der Waals surface area contributed by atoms with Crippen molar-refractivity contribution < 1.29 is 14.3 Å². The highest BCUT2D eigenvalue weighted by Gasteiger charge is 2.20. The molecule has 10 heteroatoms. The zero-order valence-electron chi connectivity index (χ0n) is 21.2.